The van der Waals surface area contributed by atoms with Gasteiger partial charge in [0, 0.05) is 18.6 Å². The zero-order valence-corrected chi connectivity index (χ0v) is 10.3. The third-order valence-corrected chi connectivity index (χ3v) is 3.92. The van der Waals surface area contributed by atoms with Crippen LogP contribution < -0.4 is 0 Å². The van der Waals surface area contributed by atoms with E-state index in [0.29, 0.717) is 10.8 Å². The largest absolute Gasteiger partial charge is 0.276 e. The minimum Gasteiger partial charge on any atom is -0.276 e. The number of hydrogen-bond acceptors (Lipinski definition) is 1. The SMILES string of the molecule is Cn1cc(CCC2(C)CCC(Cl)C2)cn1. The first-order valence-corrected chi connectivity index (χ1v) is 6.13. The summed E-state index contributed by atoms with van der Waals surface area (Å²) in [5.74, 6) is 0. The van der Waals surface area contributed by atoms with Crippen molar-refractivity contribution in [2.75, 3.05) is 0 Å². The summed E-state index contributed by atoms with van der Waals surface area (Å²) < 4.78 is 1.87. The van der Waals surface area contributed by atoms with Crippen LogP contribution in [0.4, 0.5) is 0 Å². The van der Waals surface area contributed by atoms with Crippen molar-refractivity contribution in [2.45, 2.75) is 44.4 Å². The van der Waals surface area contributed by atoms with E-state index < -0.39 is 0 Å². The van der Waals surface area contributed by atoms with Crippen LogP contribution in [0.25, 0.3) is 0 Å². The molecule has 0 amide bonds. The highest BCUT2D eigenvalue weighted by atomic mass is 35.5. The Hall–Kier alpha value is -0.500. The van der Waals surface area contributed by atoms with Crippen molar-refractivity contribution >= 4 is 11.6 Å². The molecule has 0 radical (unpaired) electrons. The maximum Gasteiger partial charge on any atom is 0.0521 e. The first-order chi connectivity index (χ1) is 7.07. The number of aryl methyl sites for hydroxylation is 2. The molecule has 84 valence electrons. The maximum absolute atomic E-state index is 6.17. The lowest BCUT2D eigenvalue weighted by Crippen LogP contribution is -2.13. The van der Waals surface area contributed by atoms with E-state index in [2.05, 4.69) is 18.2 Å². The summed E-state index contributed by atoms with van der Waals surface area (Å²) >= 11 is 6.17. The Morgan fingerprint density at radius 3 is 3.00 bits per heavy atom. The van der Waals surface area contributed by atoms with Gasteiger partial charge in [-0.15, -0.1) is 11.6 Å². The third kappa shape index (κ3) is 2.75. The second-order valence-electron chi connectivity index (χ2n) is 5.17. The van der Waals surface area contributed by atoms with Crippen LogP contribution in [0.3, 0.4) is 0 Å². The number of rotatable bonds is 3. The van der Waals surface area contributed by atoms with Crippen LogP contribution in [0.2, 0.25) is 0 Å². The van der Waals surface area contributed by atoms with Crippen LogP contribution in [0.5, 0.6) is 0 Å². The smallest absolute Gasteiger partial charge is 0.0521 e. The van der Waals surface area contributed by atoms with Crippen LogP contribution in [0.1, 0.15) is 38.2 Å². The second-order valence-corrected chi connectivity index (χ2v) is 5.79. The zero-order valence-electron chi connectivity index (χ0n) is 9.54. The van der Waals surface area contributed by atoms with Gasteiger partial charge in [-0.1, -0.05) is 6.92 Å². The highest BCUT2D eigenvalue weighted by Crippen LogP contribution is 2.43. The van der Waals surface area contributed by atoms with Crippen molar-refractivity contribution in [1.29, 1.82) is 0 Å². The molecule has 15 heavy (non-hydrogen) atoms. The Bertz CT molecular complexity index is 334. The molecule has 2 nitrogen and oxygen atoms in total. The van der Waals surface area contributed by atoms with Crippen LogP contribution >= 0.6 is 11.6 Å². The molecule has 0 saturated heterocycles. The molecule has 1 aromatic rings. The summed E-state index contributed by atoms with van der Waals surface area (Å²) in [5, 5.41) is 4.60. The van der Waals surface area contributed by atoms with Gasteiger partial charge in [-0.05, 0) is 43.1 Å². The van der Waals surface area contributed by atoms with Gasteiger partial charge in [-0.3, -0.25) is 4.68 Å². The molecule has 1 aliphatic carbocycles. The van der Waals surface area contributed by atoms with Crippen LogP contribution in [0, 0.1) is 5.41 Å². The maximum atomic E-state index is 6.17. The summed E-state index contributed by atoms with van der Waals surface area (Å²) in [6, 6.07) is 0. The summed E-state index contributed by atoms with van der Waals surface area (Å²) in [6.45, 7) is 2.37. The topological polar surface area (TPSA) is 17.8 Å². The van der Waals surface area contributed by atoms with Crippen molar-refractivity contribution < 1.29 is 0 Å². The summed E-state index contributed by atoms with van der Waals surface area (Å²) in [4.78, 5) is 0. The fourth-order valence-electron chi connectivity index (χ4n) is 2.52. The Kier molecular flexibility index (Phi) is 3.06. The van der Waals surface area contributed by atoms with E-state index in [9.17, 15) is 0 Å². The van der Waals surface area contributed by atoms with Gasteiger partial charge in [-0.25, -0.2) is 0 Å². The fourth-order valence-corrected chi connectivity index (χ4v) is 3.00. The zero-order chi connectivity index (χ0) is 10.9. The number of aromatic nitrogens is 2. The summed E-state index contributed by atoms with van der Waals surface area (Å²) in [7, 11) is 1.97. The number of halogens is 1. The van der Waals surface area contributed by atoms with E-state index in [1.165, 1.54) is 31.2 Å². The molecule has 3 heteroatoms. The summed E-state index contributed by atoms with van der Waals surface area (Å²) in [5.41, 5.74) is 1.80. The first kappa shape index (κ1) is 11.0. The van der Waals surface area contributed by atoms with E-state index in [1.807, 2.05) is 17.9 Å². The highest BCUT2D eigenvalue weighted by molar-refractivity contribution is 6.20. The van der Waals surface area contributed by atoms with Gasteiger partial charge in [0.25, 0.3) is 0 Å². The molecule has 1 saturated carbocycles. The van der Waals surface area contributed by atoms with Crippen molar-refractivity contribution in [3.05, 3.63) is 18.0 Å². The third-order valence-electron chi connectivity index (χ3n) is 3.55. The molecule has 0 aliphatic heterocycles. The van der Waals surface area contributed by atoms with E-state index in [0.717, 1.165) is 6.42 Å². The van der Waals surface area contributed by atoms with E-state index in [4.69, 9.17) is 11.6 Å². The van der Waals surface area contributed by atoms with Gasteiger partial charge in [-0.2, -0.15) is 5.10 Å². The van der Waals surface area contributed by atoms with Gasteiger partial charge in [0.2, 0.25) is 0 Å². The predicted molar refractivity (Wildman–Crippen MR) is 63.1 cm³/mol. The van der Waals surface area contributed by atoms with Gasteiger partial charge in [0.1, 0.15) is 0 Å². The quantitative estimate of drug-likeness (QED) is 0.724. The van der Waals surface area contributed by atoms with Gasteiger partial charge >= 0.3 is 0 Å². The fraction of sp³-hybridized carbons (Fsp3) is 0.750. The molecular weight excluding hydrogens is 208 g/mol. The molecule has 1 aliphatic rings. The monoisotopic (exact) mass is 226 g/mol. The van der Waals surface area contributed by atoms with E-state index in [1.54, 1.807) is 0 Å². The van der Waals surface area contributed by atoms with Crippen molar-refractivity contribution in [1.82, 2.24) is 9.78 Å². The molecule has 0 spiro atoms. The van der Waals surface area contributed by atoms with Crippen LogP contribution in [-0.2, 0) is 13.5 Å². The van der Waals surface area contributed by atoms with Crippen molar-refractivity contribution in [3.8, 4) is 0 Å². The Labute approximate surface area is 96.6 Å². The lowest BCUT2D eigenvalue weighted by molar-refractivity contribution is 0.309. The Morgan fingerprint density at radius 2 is 2.47 bits per heavy atom. The molecule has 0 N–H and O–H groups in total. The van der Waals surface area contributed by atoms with Crippen LogP contribution in [-0.4, -0.2) is 15.2 Å². The van der Waals surface area contributed by atoms with Gasteiger partial charge in [0.05, 0.1) is 6.20 Å². The minimum atomic E-state index is 0.406. The number of hydrogen-bond donors (Lipinski definition) is 0. The Balaban J connectivity index is 1.88. The molecule has 1 heterocycles. The normalized spacial score (nSPS) is 31.0. The molecule has 2 atom stereocenters. The standard InChI is InChI=1S/C12H19ClN2/c1-12(6-4-11(13)7-12)5-3-10-8-14-15(2)9-10/h8-9,11H,3-7H2,1-2H3. The lowest BCUT2D eigenvalue weighted by Gasteiger charge is -2.22. The predicted octanol–water partition coefficient (Wildman–Crippen LogP) is 3.15. The number of alkyl halides is 1. The number of nitrogens with zero attached hydrogens (tertiary/aromatic N) is 2. The second kappa shape index (κ2) is 4.17. The summed E-state index contributed by atoms with van der Waals surface area (Å²) in [6.07, 6.45) is 10.1. The minimum absolute atomic E-state index is 0.406. The van der Waals surface area contributed by atoms with Gasteiger partial charge in [0.15, 0.2) is 0 Å². The first-order valence-electron chi connectivity index (χ1n) is 5.69. The van der Waals surface area contributed by atoms with E-state index in [-0.39, 0.29) is 0 Å². The van der Waals surface area contributed by atoms with Gasteiger partial charge < -0.3 is 0 Å². The molecule has 2 rings (SSSR count). The van der Waals surface area contributed by atoms with E-state index >= 15 is 0 Å². The molecule has 0 aromatic carbocycles. The van der Waals surface area contributed by atoms with Crippen molar-refractivity contribution in [3.63, 3.8) is 0 Å². The average molecular weight is 227 g/mol. The average Bonchev–Trinajstić information content (AvgIpc) is 2.71. The van der Waals surface area contributed by atoms with Crippen molar-refractivity contribution in [2.24, 2.45) is 12.5 Å². The molecule has 1 fully saturated rings. The molecule has 0 bridgehead atoms. The highest BCUT2D eigenvalue weighted by Gasteiger charge is 2.33. The molecule has 1 aromatic heterocycles. The Morgan fingerprint density at radius 1 is 1.67 bits per heavy atom. The lowest BCUT2D eigenvalue weighted by atomic mass is 9.83. The van der Waals surface area contributed by atoms with Crippen LogP contribution in [0.15, 0.2) is 12.4 Å². The molecular formula is C12H19ClN2. The molecule has 2 unspecified atom stereocenters.